The number of hydrogen-bond donors (Lipinski definition) is 3. The number of rotatable bonds is 8. The van der Waals surface area contributed by atoms with Gasteiger partial charge in [-0.2, -0.15) is 0 Å². The first-order valence-electron chi connectivity index (χ1n) is 9.43. The van der Waals surface area contributed by atoms with Crippen LogP contribution in [0.25, 0.3) is 0 Å². The summed E-state index contributed by atoms with van der Waals surface area (Å²) in [6, 6.07) is 13.5. The van der Waals surface area contributed by atoms with Crippen molar-refractivity contribution in [2.45, 2.75) is 32.4 Å². The smallest absolute Gasteiger partial charge is 0.337 e. The lowest BCUT2D eigenvalue weighted by molar-refractivity contribution is -0.139. The molecule has 2 heterocycles. The van der Waals surface area contributed by atoms with Crippen LogP contribution in [-0.2, 0) is 9.53 Å². The number of carbonyl (C=O) groups excluding carboxylic acids is 2. The summed E-state index contributed by atoms with van der Waals surface area (Å²) >= 11 is 1.66. The van der Waals surface area contributed by atoms with Gasteiger partial charge in [-0.15, -0.1) is 11.3 Å². The van der Waals surface area contributed by atoms with Gasteiger partial charge in [0.05, 0.1) is 24.3 Å². The average Bonchev–Trinajstić information content (AvgIpc) is 3.23. The predicted molar refractivity (Wildman–Crippen MR) is 110 cm³/mol. The highest BCUT2D eigenvalue weighted by molar-refractivity contribution is 7.10. The summed E-state index contributed by atoms with van der Waals surface area (Å²) in [5, 5.41) is 11.1. The van der Waals surface area contributed by atoms with Gasteiger partial charge in [0.2, 0.25) is 0 Å². The Balaban J connectivity index is 1.89. The molecule has 0 radical (unpaired) electrons. The Hall–Kier alpha value is -2.64. The number of carbonyl (C=O) groups is 2. The van der Waals surface area contributed by atoms with E-state index in [2.05, 4.69) is 34.1 Å². The molecule has 3 N–H and O–H groups in total. The number of amides is 2. The normalized spacial score (nSPS) is 17.6. The molecule has 0 fully saturated rings. The van der Waals surface area contributed by atoms with E-state index < -0.39 is 5.97 Å². The molecular weight excluding hydrogens is 374 g/mol. The Bertz CT molecular complexity index is 834. The topological polar surface area (TPSA) is 79.5 Å². The van der Waals surface area contributed by atoms with E-state index in [0.717, 1.165) is 10.4 Å². The molecule has 0 unspecified atom stereocenters. The Morgan fingerprint density at radius 2 is 2.00 bits per heavy atom. The van der Waals surface area contributed by atoms with E-state index in [0.29, 0.717) is 24.2 Å². The number of nitrogens with one attached hydrogen (secondary N) is 3. The third-order valence-electron chi connectivity index (χ3n) is 4.59. The van der Waals surface area contributed by atoms with Gasteiger partial charge < -0.3 is 15.4 Å². The van der Waals surface area contributed by atoms with Gasteiger partial charge in [-0.1, -0.05) is 43.3 Å². The molecule has 0 saturated carbocycles. The van der Waals surface area contributed by atoms with Crippen molar-refractivity contribution < 1.29 is 14.3 Å². The van der Waals surface area contributed by atoms with E-state index in [1.54, 1.807) is 18.3 Å². The number of benzene rings is 1. The first-order chi connectivity index (χ1) is 13.6. The first kappa shape index (κ1) is 20.1. The molecule has 1 aliphatic rings. The largest absolute Gasteiger partial charge is 0.463 e. The van der Waals surface area contributed by atoms with Crippen molar-refractivity contribution in [3.8, 4) is 0 Å². The molecule has 1 aromatic heterocycles. The van der Waals surface area contributed by atoms with Crippen LogP contribution in [-0.4, -0.2) is 31.2 Å². The predicted octanol–water partition coefficient (Wildman–Crippen LogP) is 3.34. The SMILES string of the molecule is CCOC(=O)C1=C(CN[C@H](c2ccccc2)c2cccs2)NC(=O)N[C@@H]1CC. The van der Waals surface area contributed by atoms with Crippen LogP contribution in [0.5, 0.6) is 0 Å². The second kappa shape index (κ2) is 9.52. The number of esters is 1. The molecule has 2 aromatic rings. The molecular formula is C21H25N3O3S. The molecule has 7 heteroatoms. The van der Waals surface area contributed by atoms with E-state index in [4.69, 9.17) is 4.74 Å². The second-order valence-corrected chi connectivity index (χ2v) is 7.39. The summed E-state index contributed by atoms with van der Waals surface area (Å²) in [5.41, 5.74) is 2.16. The van der Waals surface area contributed by atoms with Crippen LogP contribution in [0.15, 0.2) is 59.1 Å². The third kappa shape index (κ3) is 4.61. The summed E-state index contributed by atoms with van der Waals surface area (Å²) in [6.07, 6.45) is 0.609. The third-order valence-corrected chi connectivity index (χ3v) is 5.53. The van der Waals surface area contributed by atoms with E-state index in [-0.39, 0.29) is 24.7 Å². The minimum atomic E-state index is -0.397. The average molecular weight is 400 g/mol. The monoisotopic (exact) mass is 399 g/mol. The summed E-state index contributed by atoms with van der Waals surface area (Å²) in [7, 11) is 0. The molecule has 28 heavy (non-hydrogen) atoms. The van der Waals surface area contributed by atoms with Crippen molar-refractivity contribution in [2.75, 3.05) is 13.2 Å². The molecule has 148 valence electrons. The van der Waals surface area contributed by atoms with Gasteiger partial charge in [-0.25, -0.2) is 9.59 Å². The number of hydrogen-bond acceptors (Lipinski definition) is 5. The highest BCUT2D eigenvalue weighted by Gasteiger charge is 2.31. The molecule has 2 atom stereocenters. The Kier molecular flexibility index (Phi) is 6.84. The maximum atomic E-state index is 12.5. The van der Waals surface area contributed by atoms with Crippen molar-refractivity contribution in [3.05, 3.63) is 69.6 Å². The van der Waals surface area contributed by atoms with Crippen LogP contribution in [0.2, 0.25) is 0 Å². The molecule has 1 aromatic carbocycles. The van der Waals surface area contributed by atoms with Gasteiger partial charge >= 0.3 is 12.0 Å². The van der Waals surface area contributed by atoms with Gasteiger partial charge in [-0.3, -0.25) is 5.32 Å². The van der Waals surface area contributed by atoms with Crippen molar-refractivity contribution in [2.24, 2.45) is 0 Å². The zero-order valence-electron chi connectivity index (χ0n) is 16.0. The zero-order chi connectivity index (χ0) is 19.9. The molecule has 6 nitrogen and oxygen atoms in total. The molecule has 2 amide bonds. The minimum absolute atomic E-state index is 0.0380. The molecule has 0 saturated heterocycles. The van der Waals surface area contributed by atoms with Crippen LogP contribution in [0.3, 0.4) is 0 Å². The van der Waals surface area contributed by atoms with Gasteiger partial charge in [-0.05, 0) is 30.4 Å². The number of thiophene rings is 1. The summed E-state index contributed by atoms with van der Waals surface area (Å²) < 4.78 is 5.23. The lowest BCUT2D eigenvalue weighted by atomic mass is 9.99. The number of urea groups is 1. The van der Waals surface area contributed by atoms with Crippen LogP contribution in [0, 0.1) is 0 Å². The van der Waals surface area contributed by atoms with E-state index in [1.165, 1.54) is 0 Å². The fourth-order valence-corrected chi connectivity index (χ4v) is 4.12. The molecule has 0 spiro atoms. The van der Waals surface area contributed by atoms with Gasteiger partial charge in [0.25, 0.3) is 0 Å². The van der Waals surface area contributed by atoms with Crippen molar-refractivity contribution in [1.82, 2.24) is 16.0 Å². The molecule has 0 bridgehead atoms. The van der Waals surface area contributed by atoms with Gasteiger partial charge in [0.1, 0.15) is 0 Å². The minimum Gasteiger partial charge on any atom is -0.463 e. The zero-order valence-corrected chi connectivity index (χ0v) is 16.8. The molecule has 0 aliphatic carbocycles. The molecule has 3 rings (SSSR count). The van der Waals surface area contributed by atoms with Crippen molar-refractivity contribution in [1.29, 1.82) is 0 Å². The fourth-order valence-electron chi connectivity index (χ4n) is 3.29. The lowest BCUT2D eigenvalue weighted by Gasteiger charge is -2.29. The summed E-state index contributed by atoms with van der Waals surface area (Å²) in [4.78, 5) is 25.8. The summed E-state index contributed by atoms with van der Waals surface area (Å²) in [5.74, 6) is -0.397. The van der Waals surface area contributed by atoms with Crippen molar-refractivity contribution >= 4 is 23.3 Å². The second-order valence-electron chi connectivity index (χ2n) is 6.41. The summed E-state index contributed by atoms with van der Waals surface area (Å²) in [6.45, 7) is 4.33. The maximum absolute atomic E-state index is 12.5. The number of ether oxygens (including phenoxy) is 1. The standard InChI is InChI=1S/C21H25N3O3S/c1-3-15-18(20(25)27-4-2)16(24-21(26)23-15)13-22-19(17-11-8-12-28-17)14-9-6-5-7-10-14/h5-12,15,19,22H,3-4,13H2,1-2H3,(H2,23,24,26)/t15-,19-/m1/s1. The van der Waals surface area contributed by atoms with Crippen molar-refractivity contribution in [3.63, 3.8) is 0 Å². The van der Waals surface area contributed by atoms with E-state index in [9.17, 15) is 9.59 Å². The molecule has 1 aliphatic heterocycles. The Labute approximate surface area is 169 Å². The van der Waals surface area contributed by atoms with Crippen LogP contribution < -0.4 is 16.0 Å². The van der Waals surface area contributed by atoms with Crippen LogP contribution in [0.4, 0.5) is 4.79 Å². The van der Waals surface area contributed by atoms with Crippen LogP contribution in [0.1, 0.15) is 36.8 Å². The first-order valence-corrected chi connectivity index (χ1v) is 10.3. The van der Waals surface area contributed by atoms with Gasteiger partial charge in [0.15, 0.2) is 0 Å². The Morgan fingerprint density at radius 1 is 1.21 bits per heavy atom. The maximum Gasteiger partial charge on any atom is 0.337 e. The van der Waals surface area contributed by atoms with E-state index >= 15 is 0 Å². The quantitative estimate of drug-likeness (QED) is 0.595. The highest BCUT2D eigenvalue weighted by Crippen LogP contribution is 2.26. The van der Waals surface area contributed by atoms with E-state index in [1.807, 2.05) is 36.6 Å². The lowest BCUT2D eigenvalue weighted by Crippen LogP contribution is -2.52. The Morgan fingerprint density at radius 3 is 2.64 bits per heavy atom. The van der Waals surface area contributed by atoms with Crippen LogP contribution >= 0.6 is 11.3 Å². The highest BCUT2D eigenvalue weighted by atomic mass is 32.1. The van der Waals surface area contributed by atoms with Gasteiger partial charge in [0, 0.05) is 17.1 Å². The fraction of sp³-hybridized carbons (Fsp3) is 0.333.